The molecule has 7 heteroatoms. The summed E-state index contributed by atoms with van der Waals surface area (Å²) in [6.45, 7) is 7.73. The van der Waals surface area contributed by atoms with Gasteiger partial charge in [-0.3, -0.25) is 0 Å². The SMILES string of the molecule is [2H]OC(=O)c1c([2H])c([2H])c(-n2nc(-c3c(C)c([2H])c([2H])c([2H])c3O[2H])nc2-c2c(C)c(C)c(C)c([2H])c2[O+]([2H])[2H])c([2H])c1C. The van der Waals surface area contributed by atoms with Crippen LogP contribution in [0.4, 0.5) is 0 Å². The van der Waals surface area contributed by atoms with Crippen LogP contribution in [0.1, 0.15) is 47.8 Å². The second kappa shape index (κ2) is 8.09. The monoisotopic (exact) mass is 455 g/mol. The minimum atomic E-state index is -1.25. The topological polar surface area (TPSA) is 111 Å². The van der Waals surface area contributed by atoms with Crippen molar-refractivity contribution in [2.45, 2.75) is 34.6 Å². The summed E-state index contributed by atoms with van der Waals surface area (Å²) >= 11 is 0. The molecule has 7 nitrogen and oxygen atoms in total. The number of carboxylic acid groups (broad SMARTS) is 1. The minimum absolute atomic E-state index is 0.00442. The van der Waals surface area contributed by atoms with Crippen molar-refractivity contribution >= 4 is 5.97 Å². The van der Waals surface area contributed by atoms with Gasteiger partial charge >= 0.3 is 8.83 Å². The van der Waals surface area contributed by atoms with Gasteiger partial charge in [0.1, 0.15) is 11.3 Å². The number of nitrogens with zero attached hydrogens (tertiary/aromatic N) is 3. The summed E-state index contributed by atoms with van der Waals surface area (Å²) in [5.74, 6) is -2.53. The van der Waals surface area contributed by atoms with Gasteiger partial charge in [0.15, 0.2) is 11.6 Å². The Bertz CT molecular complexity index is 1850. The Balaban J connectivity index is 2.28. The predicted octanol–water partition coefficient (Wildman–Crippen LogP) is 4.99. The van der Waals surface area contributed by atoms with Crippen LogP contribution >= 0.6 is 0 Å². The Morgan fingerprint density at radius 2 is 1.85 bits per heavy atom. The number of carbonyl (C=O) groups is 1. The molecule has 168 valence electrons. The van der Waals surface area contributed by atoms with Crippen molar-refractivity contribution in [1.29, 1.82) is 5.72 Å². The van der Waals surface area contributed by atoms with Crippen LogP contribution in [0, 0.1) is 34.6 Å². The molecule has 0 saturated carbocycles. The number of carboxylic acids is 1. The Morgan fingerprint density at radius 3 is 2.58 bits per heavy atom. The van der Waals surface area contributed by atoms with Gasteiger partial charge in [0, 0.05) is 6.04 Å². The molecule has 0 aliphatic heterocycles. The Morgan fingerprint density at radius 1 is 1.03 bits per heavy atom. The molecule has 3 aromatic carbocycles. The van der Waals surface area contributed by atoms with Crippen LogP contribution in [0.15, 0.2) is 42.3 Å². The number of aromatic nitrogens is 3. The van der Waals surface area contributed by atoms with Crippen molar-refractivity contribution in [1.82, 2.24) is 14.8 Å². The van der Waals surface area contributed by atoms with Gasteiger partial charge in [-0.1, -0.05) is 12.1 Å². The van der Waals surface area contributed by atoms with Crippen molar-refractivity contribution in [2.75, 3.05) is 0 Å². The summed E-state index contributed by atoms with van der Waals surface area (Å²) in [7, 11) is 0. The number of phenolic OH excluding ortho intramolecular Hbond substituents is 1. The lowest BCUT2D eigenvalue weighted by Gasteiger charge is -2.13. The summed E-state index contributed by atoms with van der Waals surface area (Å²) in [5, 5.41) is 14.3. The number of aromatic hydroxyl groups is 1. The molecule has 4 N–H and O–H groups in total. The maximum atomic E-state index is 12.3. The molecular weight excluding hydrogens is 418 g/mol. The smallest absolute Gasteiger partial charge is 0.555 e. The van der Waals surface area contributed by atoms with Crippen molar-refractivity contribution in [2.24, 2.45) is 0 Å². The average Bonchev–Trinajstić information content (AvgIpc) is 3.40. The lowest BCUT2D eigenvalue weighted by Crippen LogP contribution is -2.05. The maximum absolute atomic E-state index is 12.3. The van der Waals surface area contributed by atoms with Crippen molar-refractivity contribution in [3.05, 3.63) is 75.7 Å². The van der Waals surface area contributed by atoms with E-state index in [2.05, 4.69) is 20.3 Å². The normalized spacial score (nSPS) is 15.4. The number of benzene rings is 3. The molecule has 4 rings (SSSR count). The molecule has 1 heterocycles. The van der Waals surface area contributed by atoms with Gasteiger partial charge in [0.05, 0.1) is 26.4 Å². The van der Waals surface area contributed by atoms with Crippen molar-refractivity contribution < 1.29 is 29.7 Å². The first-order chi connectivity index (χ1) is 20.5. The molecule has 0 amide bonds. The van der Waals surface area contributed by atoms with Gasteiger partial charge in [0.2, 0.25) is 0 Å². The number of hydrogen-bond donors (Lipinski definition) is 2. The van der Waals surface area contributed by atoms with E-state index in [0.29, 0.717) is 16.7 Å². The maximum Gasteiger partial charge on any atom is 0.555 e. The van der Waals surface area contributed by atoms with Gasteiger partial charge in [-0.25, -0.2) is 14.5 Å². The fourth-order valence-corrected chi connectivity index (χ4v) is 3.51. The number of hydrogen-bond acceptors (Lipinski definition) is 5. The van der Waals surface area contributed by atoms with E-state index < -0.39 is 47.5 Å². The largest absolute Gasteiger partial charge is 0.593 e. The van der Waals surface area contributed by atoms with E-state index in [4.69, 9.17) is 15.3 Å². The van der Waals surface area contributed by atoms with Crippen LogP contribution in [0.2, 0.25) is 0 Å². The van der Waals surface area contributed by atoms with E-state index in [1.165, 1.54) is 19.0 Å². The van der Waals surface area contributed by atoms with Crippen LogP contribution in [-0.4, -0.2) is 40.4 Å². The zero-order chi connectivity index (χ0) is 33.1. The third-order valence-corrected chi connectivity index (χ3v) is 5.51. The van der Waals surface area contributed by atoms with Crippen molar-refractivity contribution in [3.63, 3.8) is 0 Å². The number of aromatic carboxylic acids is 1. The van der Waals surface area contributed by atoms with Gasteiger partial charge in [-0.15, -0.1) is 5.10 Å². The molecule has 0 aliphatic rings. The highest BCUT2D eigenvalue weighted by atomic mass is 16.4. The highest BCUT2D eigenvalue weighted by Crippen LogP contribution is 2.38. The second-order valence-electron chi connectivity index (χ2n) is 7.59. The summed E-state index contributed by atoms with van der Waals surface area (Å²) in [5.41, 5.74) is 0.463. The quantitative estimate of drug-likeness (QED) is 0.398. The van der Waals surface area contributed by atoms with Crippen LogP contribution in [0.5, 0.6) is 11.5 Å². The lowest BCUT2D eigenvalue weighted by molar-refractivity contribution is 0.0696. The van der Waals surface area contributed by atoms with Crippen LogP contribution in [0.25, 0.3) is 29.9 Å². The van der Waals surface area contributed by atoms with Gasteiger partial charge < -0.3 is 15.3 Å². The van der Waals surface area contributed by atoms with E-state index >= 15 is 0 Å². The molecule has 0 unspecified atom stereocenters. The summed E-state index contributed by atoms with van der Waals surface area (Å²) in [4.78, 5) is 16.8. The van der Waals surface area contributed by atoms with E-state index in [9.17, 15) is 4.79 Å². The Labute approximate surface area is 207 Å². The van der Waals surface area contributed by atoms with Gasteiger partial charge in [0.25, 0.3) is 8.61 Å². The Hall–Kier alpha value is -4.13. The highest BCUT2D eigenvalue weighted by molar-refractivity contribution is 5.89. The average molecular weight is 456 g/mol. The third kappa shape index (κ3) is 3.71. The molecule has 0 fully saturated rings. The predicted molar refractivity (Wildman–Crippen MR) is 128 cm³/mol. The van der Waals surface area contributed by atoms with E-state index in [1.54, 1.807) is 20.8 Å². The van der Waals surface area contributed by atoms with Gasteiger partial charge in [-0.2, -0.15) is 0 Å². The molecule has 0 bridgehead atoms. The zero-order valence-corrected chi connectivity index (χ0v) is 18.5. The first-order valence-corrected chi connectivity index (χ1v) is 9.88. The van der Waals surface area contributed by atoms with Crippen LogP contribution < -0.4 is 0 Å². The summed E-state index contributed by atoms with van der Waals surface area (Å²) in [6.07, 6.45) is 0. The third-order valence-electron chi connectivity index (χ3n) is 5.51. The lowest BCUT2D eigenvalue weighted by atomic mass is 9.97. The standard InChI is InChI=1S/C26H25N3O4/c1-13-7-6-8-20(30)22(13)24-27-25(23-17(5)16(4)14(2)12-21(23)31)29(28-24)18-9-10-19(26(32)33)15(3)11-18/h6-12,30-31H,1-5H3,(H,32,33)/p+1/i6D,7D,8D,9D,10D,11D,12D/hD4. The summed E-state index contributed by atoms with van der Waals surface area (Å²) in [6, 6.07) is -3.54. The molecule has 0 spiro atoms. The molecule has 4 aromatic rings. The van der Waals surface area contributed by atoms with E-state index in [-0.39, 0.29) is 57.4 Å². The first kappa shape index (κ1) is 12.2. The minimum Gasteiger partial charge on any atom is -0.593 e. The molecule has 0 radical (unpaired) electrons. The number of rotatable bonds is 6. The molecule has 0 atom stereocenters. The summed E-state index contributed by atoms with van der Waals surface area (Å²) < 4.78 is 91.1. The fraction of sp³-hybridized carbons (Fsp3) is 0.192. The van der Waals surface area contributed by atoms with E-state index in [0.717, 1.165) is 4.68 Å². The number of phenols is 1. The fourth-order valence-electron chi connectivity index (χ4n) is 3.51. The van der Waals surface area contributed by atoms with E-state index in [1.807, 2.05) is 0 Å². The molecule has 33 heavy (non-hydrogen) atoms. The van der Waals surface area contributed by atoms with Gasteiger partial charge in [-0.05, 0) is 86.6 Å². The Kier molecular flexibility index (Phi) is 2.99. The van der Waals surface area contributed by atoms with Crippen LogP contribution in [0.3, 0.4) is 0 Å². The highest BCUT2D eigenvalue weighted by Gasteiger charge is 2.25. The van der Waals surface area contributed by atoms with Crippen molar-refractivity contribution in [3.8, 4) is 40.0 Å². The molecule has 1 aromatic heterocycles. The molecular formula is C26H26N3O4+. The first-order valence-electron chi connectivity index (χ1n) is 15.0. The second-order valence-corrected chi connectivity index (χ2v) is 7.59. The molecule has 0 saturated heterocycles. The zero-order valence-electron chi connectivity index (χ0n) is 29.5. The molecule has 0 aliphatic carbocycles. The van der Waals surface area contributed by atoms with Crippen LogP contribution in [-0.2, 0) is 0 Å².